The number of amides is 1. The molecule has 0 spiro atoms. The van der Waals surface area contributed by atoms with Crippen LogP contribution in [0.2, 0.25) is 0 Å². The molecule has 0 unspecified atom stereocenters. The van der Waals surface area contributed by atoms with Crippen molar-refractivity contribution in [2.45, 2.75) is 38.5 Å². The van der Waals surface area contributed by atoms with Gasteiger partial charge in [0.25, 0.3) is 5.91 Å². The fraction of sp³-hybridized carbons (Fsp3) is 0.533. The van der Waals surface area contributed by atoms with Crippen LogP contribution >= 0.6 is 31.9 Å². The van der Waals surface area contributed by atoms with E-state index in [1.54, 1.807) is 0 Å². The number of benzene rings is 1. The summed E-state index contributed by atoms with van der Waals surface area (Å²) >= 11 is 6.80. The van der Waals surface area contributed by atoms with Crippen LogP contribution in [-0.2, 0) is 0 Å². The molecule has 2 nitrogen and oxygen atoms in total. The van der Waals surface area contributed by atoms with Gasteiger partial charge in [-0.3, -0.25) is 4.79 Å². The second-order valence-corrected chi connectivity index (χ2v) is 7.04. The van der Waals surface area contributed by atoms with Crippen molar-refractivity contribution in [2.24, 2.45) is 5.92 Å². The predicted octanol–water partition coefficient (Wildman–Crippen LogP) is 4.91. The van der Waals surface area contributed by atoms with Crippen LogP contribution in [0.3, 0.4) is 0 Å². The first kappa shape index (κ1) is 15.0. The second-order valence-electron chi connectivity index (χ2n) is 5.21. The Morgan fingerprint density at radius 2 is 1.74 bits per heavy atom. The molecule has 1 aliphatic carbocycles. The molecular formula is C15H19Br2NO. The van der Waals surface area contributed by atoms with E-state index in [0.717, 1.165) is 27.8 Å². The molecule has 2 rings (SSSR count). The Bertz CT molecular complexity index is 422. The van der Waals surface area contributed by atoms with E-state index >= 15 is 0 Å². The Morgan fingerprint density at radius 3 is 2.37 bits per heavy atom. The topological polar surface area (TPSA) is 29.1 Å². The maximum atomic E-state index is 12.0. The van der Waals surface area contributed by atoms with Crippen LogP contribution in [0, 0.1) is 5.92 Å². The van der Waals surface area contributed by atoms with Gasteiger partial charge in [-0.1, -0.05) is 64.0 Å². The number of nitrogens with one attached hydrogen (secondary N) is 1. The summed E-state index contributed by atoms with van der Waals surface area (Å²) in [7, 11) is 0. The molecular weight excluding hydrogens is 370 g/mol. The first-order chi connectivity index (χ1) is 9.15. The predicted molar refractivity (Wildman–Crippen MR) is 85.4 cm³/mol. The van der Waals surface area contributed by atoms with Crippen LogP contribution in [0.15, 0.2) is 27.1 Å². The molecule has 0 aliphatic heterocycles. The highest BCUT2D eigenvalue weighted by atomic mass is 79.9. The lowest BCUT2D eigenvalue weighted by Gasteiger charge is -2.21. The van der Waals surface area contributed by atoms with E-state index in [1.807, 2.05) is 18.2 Å². The zero-order valence-corrected chi connectivity index (χ0v) is 14.1. The molecule has 1 aromatic carbocycles. The van der Waals surface area contributed by atoms with E-state index in [9.17, 15) is 4.79 Å². The maximum Gasteiger partial charge on any atom is 0.251 e. The Hall–Kier alpha value is -0.350. The Morgan fingerprint density at radius 1 is 1.11 bits per heavy atom. The van der Waals surface area contributed by atoms with E-state index in [0.29, 0.717) is 5.56 Å². The Balaban J connectivity index is 1.80. The lowest BCUT2D eigenvalue weighted by molar-refractivity contribution is 0.0950. The molecule has 1 aliphatic rings. The van der Waals surface area contributed by atoms with Gasteiger partial charge in [-0.2, -0.15) is 0 Å². The van der Waals surface area contributed by atoms with Gasteiger partial charge in [0.15, 0.2) is 0 Å². The van der Waals surface area contributed by atoms with Gasteiger partial charge in [-0.15, -0.1) is 0 Å². The lowest BCUT2D eigenvalue weighted by Crippen LogP contribution is -2.26. The Kier molecular flexibility index (Phi) is 5.89. The molecule has 1 saturated carbocycles. The zero-order valence-electron chi connectivity index (χ0n) is 10.9. The van der Waals surface area contributed by atoms with E-state index in [4.69, 9.17) is 0 Å². The fourth-order valence-electron chi connectivity index (χ4n) is 2.65. The SMILES string of the molecule is O=C(NCCC1CCCCC1)c1cc(Br)cc(Br)c1. The highest BCUT2D eigenvalue weighted by Crippen LogP contribution is 2.25. The molecule has 1 N–H and O–H groups in total. The summed E-state index contributed by atoms with van der Waals surface area (Å²) < 4.78 is 1.83. The molecule has 4 heteroatoms. The summed E-state index contributed by atoms with van der Waals surface area (Å²) in [5.74, 6) is 0.820. The third-order valence-corrected chi connectivity index (χ3v) is 4.60. The van der Waals surface area contributed by atoms with E-state index in [1.165, 1.54) is 32.1 Å². The van der Waals surface area contributed by atoms with Gasteiger partial charge in [0.1, 0.15) is 0 Å². The number of hydrogen-bond acceptors (Lipinski definition) is 1. The van der Waals surface area contributed by atoms with Crippen molar-refractivity contribution in [1.29, 1.82) is 0 Å². The monoisotopic (exact) mass is 387 g/mol. The average molecular weight is 389 g/mol. The summed E-state index contributed by atoms with van der Waals surface area (Å²) in [6, 6.07) is 5.63. The van der Waals surface area contributed by atoms with Crippen LogP contribution < -0.4 is 5.32 Å². The zero-order chi connectivity index (χ0) is 13.7. The molecule has 0 atom stereocenters. The molecule has 0 aromatic heterocycles. The Labute approximate surface area is 131 Å². The first-order valence-electron chi connectivity index (χ1n) is 6.89. The molecule has 0 heterocycles. The van der Waals surface area contributed by atoms with Crippen LogP contribution in [0.1, 0.15) is 48.9 Å². The van der Waals surface area contributed by atoms with Gasteiger partial charge in [0.2, 0.25) is 0 Å². The smallest absolute Gasteiger partial charge is 0.251 e. The van der Waals surface area contributed by atoms with Crippen molar-refractivity contribution in [2.75, 3.05) is 6.54 Å². The van der Waals surface area contributed by atoms with Crippen molar-refractivity contribution >= 4 is 37.8 Å². The molecule has 1 amide bonds. The molecule has 19 heavy (non-hydrogen) atoms. The minimum absolute atomic E-state index is 0.0119. The number of halogens is 2. The number of hydrogen-bond donors (Lipinski definition) is 1. The molecule has 0 bridgehead atoms. The minimum atomic E-state index is 0.0119. The summed E-state index contributed by atoms with van der Waals surface area (Å²) in [6.45, 7) is 0.785. The van der Waals surface area contributed by atoms with Crippen LogP contribution in [0.4, 0.5) is 0 Å². The van der Waals surface area contributed by atoms with Gasteiger partial charge in [0, 0.05) is 21.1 Å². The lowest BCUT2D eigenvalue weighted by atomic mass is 9.87. The van der Waals surface area contributed by atoms with Crippen molar-refractivity contribution < 1.29 is 4.79 Å². The standard InChI is InChI=1S/C15H19Br2NO/c16-13-8-12(9-14(17)10-13)15(19)18-7-6-11-4-2-1-3-5-11/h8-11H,1-7H2,(H,18,19). The molecule has 104 valence electrons. The van der Waals surface area contributed by atoms with E-state index < -0.39 is 0 Å². The molecule has 1 fully saturated rings. The number of carbonyl (C=O) groups excluding carboxylic acids is 1. The van der Waals surface area contributed by atoms with E-state index in [-0.39, 0.29) is 5.91 Å². The highest BCUT2D eigenvalue weighted by molar-refractivity contribution is 9.11. The third kappa shape index (κ3) is 4.92. The molecule has 1 aromatic rings. The largest absolute Gasteiger partial charge is 0.352 e. The average Bonchev–Trinajstić information content (AvgIpc) is 2.38. The van der Waals surface area contributed by atoms with Gasteiger partial charge in [-0.05, 0) is 30.5 Å². The minimum Gasteiger partial charge on any atom is -0.352 e. The van der Waals surface area contributed by atoms with Crippen molar-refractivity contribution in [3.63, 3.8) is 0 Å². The molecule has 0 saturated heterocycles. The van der Waals surface area contributed by atoms with Crippen molar-refractivity contribution in [3.8, 4) is 0 Å². The third-order valence-electron chi connectivity index (χ3n) is 3.69. The van der Waals surface area contributed by atoms with Crippen LogP contribution in [-0.4, -0.2) is 12.5 Å². The van der Waals surface area contributed by atoms with Crippen LogP contribution in [0.5, 0.6) is 0 Å². The van der Waals surface area contributed by atoms with Crippen molar-refractivity contribution in [1.82, 2.24) is 5.32 Å². The van der Waals surface area contributed by atoms with Crippen molar-refractivity contribution in [3.05, 3.63) is 32.7 Å². The summed E-state index contributed by atoms with van der Waals surface area (Å²) in [5.41, 5.74) is 0.699. The summed E-state index contributed by atoms with van der Waals surface area (Å²) in [4.78, 5) is 12.0. The van der Waals surface area contributed by atoms with E-state index in [2.05, 4.69) is 37.2 Å². The number of carbonyl (C=O) groups is 1. The first-order valence-corrected chi connectivity index (χ1v) is 8.48. The van der Waals surface area contributed by atoms with Gasteiger partial charge in [0.05, 0.1) is 0 Å². The summed E-state index contributed by atoms with van der Waals surface area (Å²) in [6.07, 6.45) is 7.88. The summed E-state index contributed by atoms with van der Waals surface area (Å²) in [5, 5.41) is 3.02. The van der Waals surface area contributed by atoms with Gasteiger partial charge in [-0.25, -0.2) is 0 Å². The number of rotatable bonds is 4. The normalized spacial score (nSPS) is 16.3. The second kappa shape index (κ2) is 7.44. The highest BCUT2D eigenvalue weighted by Gasteiger charge is 2.14. The van der Waals surface area contributed by atoms with Crippen LogP contribution in [0.25, 0.3) is 0 Å². The fourth-order valence-corrected chi connectivity index (χ4v) is 3.95. The van der Waals surface area contributed by atoms with Gasteiger partial charge >= 0.3 is 0 Å². The quantitative estimate of drug-likeness (QED) is 0.779. The molecule has 0 radical (unpaired) electrons. The van der Waals surface area contributed by atoms with Gasteiger partial charge < -0.3 is 5.32 Å². The maximum absolute atomic E-state index is 12.0.